The number of benzene rings is 2. The van der Waals surface area contributed by atoms with Gasteiger partial charge in [0.05, 0.1) is 24.2 Å². The molecule has 0 aliphatic rings. The third kappa shape index (κ3) is 5.14. The van der Waals surface area contributed by atoms with Gasteiger partial charge in [0.1, 0.15) is 5.75 Å². The van der Waals surface area contributed by atoms with Crippen molar-refractivity contribution in [3.63, 3.8) is 0 Å². The van der Waals surface area contributed by atoms with E-state index in [0.29, 0.717) is 24.1 Å². The second-order valence-corrected chi connectivity index (χ2v) is 9.93. The van der Waals surface area contributed by atoms with Gasteiger partial charge in [0.2, 0.25) is 5.91 Å². The Bertz CT molecular complexity index is 1210. The van der Waals surface area contributed by atoms with Crippen LogP contribution in [0.4, 0.5) is 5.69 Å². The van der Waals surface area contributed by atoms with Crippen LogP contribution >= 0.6 is 7.60 Å². The lowest BCUT2D eigenvalue weighted by molar-refractivity contribution is -0.111. The molecule has 3 N–H and O–H groups in total. The van der Waals surface area contributed by atoms with Crippen molar-refractivity contribution in [2.24, 2.45) is 7.05 Å². The number of anilines is 1. The van der Waals surface area contributed by atoms with E-state index in [-0.39, 0.29) is 5.91 Å². The van der Waals surface area contributed by atoms with E-state index in [1.807, 2.05) is 31.3 Å². The fraction of sp³-hybridized carbons (Fsp3) is 0.280. The minimum Gasteiger partial charge on any atom is -0.497 e. The van der Waals surface area contributed by atoms with E-state index in [1.54, 1.807) is 62.2 Å². The summed E-state index contributed by atoms with van der Waals surface area (Å²) in [6.45, 7) is 3.53. The number of ether oxygens (including phenoxy) is 1. The normalized spacial score (nSPS) is 12.2. The number of methoxy groups -OCH3 is 1. The van der Waals surface area contributed by atoms with Crippen molar-refractivity contribution >= 4 is 25.3 Å². The van der Waals surface area contributed by atoms with Gasteiger partial charge in [0, 0.05) is 29.9 Å². The maximum Gasteiger partial charge on any atom is 0.335 e. The van der Waals surface area contributed by atoms with Gasteiger partial charge in [0.25, 0.3) is 0 Å². The highest BCUT2D eigenvalue weighted by Gasteiger charge is 2.45. The zero-order chi connectivity index (χ0) is 24.9. The Kier molecular flexibility index (Phi) is 7.77. The first-order valence-corrected chi connectivity index (χ1v) is 12.6. The van der Waals surface area contributed by atoms with Gasteiger partial charge in [-0.3, -0.25) is 14.0 Å². The molecule has 0 bridgehead atoms. The summed E-state index contributed by atoms with van der Waals surface area (Å²) in [5, 5.41) is 5.86. The number of nitrogens with one attached hydrogen (secondary N) is 1. The Labute approximate surface area is 199 Å². The lowest BCUT2D eigenvalue weighted by Gasteiger charge is -2.33. The number of rotatable bonds is 9. The summed E-state index contributed by atoms with van der Waals surface area (Å²) in [6, 6.07) is 14.2. The number of hydrogen-bond acceptors (Lipinski definition) is 4. The topological polar surface area (TPSA) is 114 Å². The lowest BCUT2D eigenvalue weighted by atomic mass is 9.92. The Morgan fingerprint density at radius 2 is 1.74 bits per heavy atom. The van der Waals surface area contributed by atoms with E-state index in [1.165, 1.54) is 6.08 Å². The molecular weight excluding hydrogens is 453 g/mol. The summed E-state index contributed by atoms with van der Waals surface area (Å²) in [5.74, 6) is 0.425. The first-order valence-electron chi connectivity index (χ1n) is 11.0. The molecule has 0 fully saturated rings. The van der Waals surface area contributed by atoms with Gasteiger partial charge < -0.3 is 19.8 Å². The van der Waals surface area contributed by atoms with Crippen LogP contribution < -0.4 is 10.1 Å². The molecular formula is C25H30N3O5P. The minimum absolute atomic E-state index is 0.309. The molecule has 0 aliphatic heterocycles. The van der Waals surface area contributed by atoms with Gasteiger partial charge in [-0.15, -0.1) is 0 Å². The van der Waals surface area contributed by atoms with Crippen molar-refractivity contribution in [2.75, 3.05) is 12.4 Å². The Morgan fingerprint density at radius 1 is 1.12 bits per heavy atom. The average Bonchev–Trinajstić information content (AvgIpc) is 3.19. The molecule has 0 unspecified atom stereocenters. The predicted octanol–water partition coefficient (Wildman–Crippen LogP) is 4.94. The molecule has 1 amide bonds. The second-order valence-electron chi connectivity index (χ2n) is 7.98. The zero-order valence-electron chi connectivity index (χ0n) is 19.7. The van der Waals surface area contributed by atoms with E-state index >= 15 is 0 Å². The lowest BCUT2D eigenvalue weighted by Crippen LogP contribution is -2.24. The monoisotopic (exact) mass is 483 g/mol. The minimum atomic E-state index is -4.36. The molecule has 1 aromatic heterocycles. The van der Waals surface area contributed by atoms with Crippen LogP contribution in [0.3, 0.4) is 0 Å². The fourth-order valence-electron chi connectivity index (χ4n) is 4.13. The third-order valence-corrected chi connectivity index (χ3v) is 8.17. The largest absolute Gasteiger partial charge is 0.497 e. The van der Waals surface area contributed by atoms with Gasteiger partial charge in [-0.2, -0.15) is 5.10 Å². The van der Waals surface area contributed by atoms with Crippen LogP contribution in [0.1, 0.15) is 37.8 Å². The molecule has 0 radical (unpaired) electrons. The van der Waals surface area contributed by atoms with Crippen molar-refractivity contribution < 1.29 is 23.9 Å². The quantitative estimate of drug-likeness (QED) is 0.293. The fourth-order valence-corrected chi connectivity index (χ4v) is 5.44. The van der Waals surface area contributed by atoms with Gasteiger partial charge >= 0.3 is 7.60 Å². The third-order valence-electron chi connectivity index (χ3n) is 6.16. The second kappa shape index (κ2) is 10.4. The van der Waals surface area contributed by atoms with Crippen molar-refractivity contribution in [2.45, 2.75) is 31.8 Å². The van der Waals surface area contributed by atoms with Crippen molar-refractivity contribution in [3.05, 3.63) is 71.9 Å². The molecule has 0 atom stereocenters. The van der Waals surface area contributed by atoms with E-state index in [4.69, 9.17) is 4.74 Å². The number of carbonyl (C=O) groups excluding carboxylic acids is 1. The van der Waals surface area contributed by atoms with E-state index in [2.05, 4.69) is 10.4 Å². The standard InChI is InChI=1S/C25H30N3O5P/c1-5-25(6-2,34(30,31)32)20-10-12-21(13-11-20)27-23(29)16-9-19-17-26-28(3)24(19)18-7-14-22(33-4)15-8-18/h7-17H,5-6H2,1-4H3,(H,27,29)(H2,30,31,32)/b16-9+. The number of aryl methyl sites for hydroxylation is 1. The van der Waals surface area contributed by atoms with E-state index < -0.39 is 12.8 Å². The number of aromatic nitrogens is 2. The van der Waals surface area contributed by atoms with Gasteiger partial charge in [0.15, 0.2) is 0 Å². The first-order chi connectivity index (χ1) is 16.1. The zero-order valence-corrected chi connectivity index (χ0v) is 20.6. The van der Waals surface area contributed by atoms with E-state index in [9.17, 15) is 19.1 Å². The number of carbonyl (C=O) groups is 1. The molecule has 34 heavy (non-hydrogen) atoms. The molecule has 3 rings (SSSR count). The summed E-state index contributed by atoms with van der Waals surface area (Å²) in [6.07, 6.45) is 5.43. The van der Waals surface area contributed by atoms with Crippen LogP contribution in [0, 0.1) is 0 Å². The smallest absolute Gasteiger partial charge is 0.335 e. The molecule has 0 spiro atoms. The Balaban J connectivity index is 1.76. The molecule has 0 aliphatic carbocycles. The molecule has 1 heterocycles. The van der Waals surface area contributed by atoms with Crippen LogP contribution in [0.25, 0.3) is 17.3 Å². The number of amides is 1. The van der Waals surface area contributed by atoms with Crippen LogP contribution in [0.2, 0.25) is 0 Å². The Hall–Kier alpha value is -3.19. The van der Waals surface area contributed by atoms with Crippen LogP contribution in [0.15, 0.2) is 60.8 Å². The first kappa shape index (κ1) is 25.4. The van der Waals surface area contributed by atoms with Gasteiger partial charge in [-0.1, -0.05) is 26.0 Å². The maximum atomic E-state index is 12.5. The summed E-state index contributed by atoms with van der Waals surface area (Å²) >= 11 is 0. The number of hydrogen-bond donors (Lipinski definition) is 3. The summed E-state index contributed by atoms with van der Waals surface area (Å²) in [5.41, 5.74) is 3.68. The SMILES string of the molecule is CCC(CC)(c1ccc(NC(=O)/C=C/c2cnn(C)c2-c2ccc(OC)cc2)cc1)P(=O)(O)O. The van der Waals surface area contributed by atoms with Crippen LogP contribution in [-0.4, -0.2) is 32.6 Å². The van der Waals surface area contributed by atoms with Crippen molar-refractivity contribution in [3.8, 4) is 17.0 Å². The molecule has 3 aromatic rings. The Morgan fingerprint density at radius 3 is 2.26 bits per heavy atom. The van der Waals surface area contributed by atoms with Crippen molar-refractivity contribution in [1.82, 2.24) is 9.78 Å². The highest BCUT2D eigenvalue weighted by molar-refractivity contribution is 7.53. The van der Waals surface area contributed by atoms with Crippen molar-refractivity contribution in [1.29, 1.82) is 0 Å². The molecule has 0 saturated heterocycles. The highest BCUT2D eigenvalue weighted by atomic mass is 31.2. The van der Waals surface area contributed by atoms with Gasteiger partial charge in [-0.25, -0.2) is 0 Å². The van der Waals surface area contributed by atoms with Crippen LogP contribution in [0.5, 0.6) is 5.75 Å². The van der Waals surface area contributed by atoms with Gasteiger partial charge in [-0.05, 0) is 60.9 Å². The average molecular weight is 484 g/mol. The maximum absolute atomic E-state index is 12.5. The highest BCUT2D eigenvalue weighted by Crippen LogP contribution is 2.60. The molecule has 0 saturated carbocycles. The molecule has 9 heteroatoms. The summed E-state index contributed by atoms with van der Waals surface area (Å²) in [4.78, 5) is 32.4. The van der Waals surface area contributed by atoms with E-state index in [0.717, 1.165) is 22.6 Å². The molecule has 2 aromatic carbocycles. The molecule has 8 nitrogen and oxygen atoms in total. The predicted molar refractivity (Wildman–Crippen MR) is 134 cm³/mol. The van der Waals surface area contributed by atoms with Crippen LogP contribution in [-0.2, 0) is 21.6 Å². The summed E-state index contributed by atoms with van der Waals surface area (Å²) < 4.78 is 19.1. The number of nitrogens with zero attached hydrogens (tertiary/aromatic N) is 2. The molecule has 180 valence electrons. The summed E-state index contributed by atoms with van der Waals surface area (Å²) in [7, 11) is -0.914.